The van der Waals surface area contributed by atoms with Gasteiger partial charge in [0.25, 0.3) is 0 Å². The van der Waals surface area contributed by atoms with Gasteiger partial charge in [-0.15, -0.1) is 0 Å². The Bertz CT molecular complexity index is 1330. The summed E-state index contributed by atoms with van der Waals surface area (Å²) in [6, 6.07) is 17.2. The van der Waals surface area contributed by atoms with E-state index in [1.807, 2.05) is 24.3 Å². The normalized spacial score (nSPS) is 10.8. The number of benzene rings is 3. The fourth-order valence-corrected chi connectivity index (χ4v) is 3.77. The first-order valence-electron chi connectivity index (χ1n) is 9.97. The topological polar surface area (TPSA) is 77.6 Å². The molecule has 1 aromatic heterocycles. The number of nitrogens with one attached hydrogen (secondary N) is 1. The summed E-state index contributed by atoms with van der Waals surface area (Å²) in [4.78, 5) is 28.1. The first-order valence-corrected chi connectivity index (χ1v) is 10.7. The Morgan fingerprint density at radius 3 is 2.58 bits per heavy atom. The quantitative estimate of drug-likeness (QED) is 0.242. The molecule has 168 valence electrons. The Hall–Kier alpha value is -3.48. The number of ether oxygens (including phenoxy) is 3. The number of Topliss-reactive ketones (excluding diaryl/α,β-unsaturated/α-hetero) is 1. The second-order valence-corrected chi connectivity index (χ2v) is 7.98. The van der Waals surface area contributed by atoms with Gasteiger partial charge in [-0.3, -0.25) is 4.79 Å². The maximum atomic E-state index is 12.5. The number of aromatic amines is 1. The zero-order valence-corrected chi connectivity index (χ0v) is 19.1. The van der Waals surface area contributed by atoms with Crippen molar-refractivity contribution in [2.45, 2.75) is 6.61 Å². The van der Waals surface area contributed by atoms with Crippen molar-refractivity contribution in [3.05, 3.63) is 93.6 Å². The lowest BCUT2D eigenvalue weighted by Gasteiger charge is -2.13. The van der Waals surface area contributed by atoms with Crippen molar-refractivity contribution in [1.29, 1.82) is 0 Å². The van der Waals surface area contributed by atoms with Crippen LogP contribution in [0.3, 0.4) is 0 Å². The molecule has 33 heavy (non-hydrogen) atoms. The van der Waals surface area contributed by atoms with Crippen molar-refractivity contribution in [2.75, 3.05) is 13.7 Å². The molecule has 1 N–H and O–H groups in total. The number of halogens is 2. The van der Waals surface area contributed by atoms with E-state index < -0.39 is 5.97 Å². The maximum Gasteiger partial charge on any atom is 0.338 e. The highest BCUT2D eigenvalue weighted by Gasteiger charge is 2.17. The van der Waals surface area contributed by atoms with Gasteiger partial charge < -0.3 is 19.2 Å². The van der Waals surface area contributed by atoms with Gasteiger partial charge in [-0.2, -0.15) is 0 Å². The van der Waals surface area contributed by atoms with E-state index in [4.69, 9.17) is 37.4 Å². The van der Waals surface area contributed by atoms with Crippen LogP contribution >= 0.6 is 23.2 Å². The molecule has 0 saturated carbocycles. The minimum absolute atomic E-state index is 0.190. The Morgan fingerprint density at radius 2 is 1.79 bits per heavy atom. The zero-order valence-electron chi connectivity index (χ0n) is 17.6. The molecule has 0 amide bonds. The minimum atomic E-state index is -0.645. The van der Waals surface area contributed by atoms with Gasteiger partial charge in [0.05, 0.1) is 12.7 Å². The number of aromatic nitrogens is 1. The van der Waals surface area contributed by atoms with Gasteiger partial charge in [0, 0.05) is 38.3 Å². The van der Waals surface area contributed by atoms with Gasteiger partial charge in [-0.25, -0.2) is 4.79 Å². The number of fused-ring (bicyclic) bond motifs is 1. The van der Waals surface area contributed by atoms with Crippen LogP contribution < -0.4 is 9.47 Å². The van der Waals surface area contributed by atoms with E-state index in [1.165, 1.54) is 13.2 Å². The SMILES string of the molecule is COc1cc(C(=O)OCC(=O)c2c[nH]c3ccccc23)ccc1OCc1ccc(Cl)cc1Cl. The third kappa shape index (κ3) is 5.13. The Labute approximate surface area is 200 Å². The van der Waals surface area contributed by atoms with E-state index in [0.29, 0.717) is 27.1 Å². The summed E-state index contributed by atoms with van der Waals surface area (Å²) < 4.78 is 16.4. The smallest absolute Gasteiger partial charge is 0.338 e. The highest BCUT2D eigenvalue weighted by atomic mass is 35.5. The predicted octanol–water partition coefficient (Wildman–Crippen LogP) is 6.10. The van der Waals surface area contributed by atoms with Crippen LogP contribution in [-0.2, 0) is 11.3 Å². The zero-order chi connectivity index (χ0) is 23.4. The van der Waals surface area contributed by atoms with Crippen molar-refractivity contribution >= 4 is 45.9 Å². The van der Waals surface area contributed by atoms with Crippen molar-refractivity contribution in [2.24, 2.45) is 0 Å². The monoisotopic (exact) mass is 483 g/mol. The molecular formula is C25H19Cl2NO5. The number of esters is 1. The Balaban J connectivity index is 1.41. The number of carbonyl (C=O) groups is 2. The fraction of sp³-hybridized carbons (Fsp3) is 0.120. The Kier molecular flexibility index (Phi) is 6.87. The summed E-state index contributed by atoms with van der Waals surface area (Å²) in [6.45, 7) is -0.189. The van der Waals surface area contributed by atoms with Crippen LogP contribution in [0.25, 0.3) is 10.9 Å². The molecule has 0 aliphatic carbocycles. The molecule has 1 heterocycles. The average Bonchev–Trinajstić information content (AvgIpc) is 3.26. The van der Waals surface area contributed by atoms with Crippen molar-refractivity contribution in [3.63, 3.8) is 0 Å². The van der Waals surface area contributed by atoms with E-state index in [-0.39, 0.29) is 24.6 Å². The minimum Gasteiger partial charge on any atom is -0.493 e. The van der Waals surface area contributed by atoms with Crippen LogP contribution in [0.4, 0.5) is 0 Å². The third-order valence-electron chi connectivity index (χ3n) is 5.02. The summed E-state index contributed by atoms with van der Waals surface area (Å²) in [5.41, 5.74) is 2.30. The molecule has 6 nitrogen and oxygen atoms in total. The first kappa shape index (κ1) is 22.7. The van der Waals surface area contributed by atoms with Gasteiger partial charge in [-0.05, 0) is 36.4 Å². The van der Waals surface area contributed by atoms with E-state index in [9.17, 15) is 9.59 Å². The summed E-state index contributed by atoms with van der Waals surface area (Å²) in [5.74, 6) is -0.172. The molecule has 4 rings (SSSR count). The lowest BCUT2D eigenvalue weighted by Crippen LogP contribution is -2.14. The molecule has 0 aliphatic rings. The standard InChI is InChI=1S/C25H19Cl2NO5/c1-31-24-10-15(7-9-23(24)32-13-16-6-8-17(26)11-20(16)27)25(30)33-14-22(29)19-12-28-21-5-3-2-4-18(19)21/h2-12,28H,13-14H2,1H3. The fourth-order valence-electron chi connectivity index (χ4n) is 3.30. The summed E-state index contributed by atoms with van der Waals surface area (Å²) in [7, 11) is 1.47. The van der Waals surface area contributed by atoms with Crippen molar-refractivity contribution < 1.29 is 23.8 Å². The number of methoxy groups -OCH3 is 1. The number of hydrogen-bond acceptors (Lipinski definition) is 5. The van der Waals surface area contributed by atoms with E-state index in [1.54, 1.807) is 36.5 Å². The number of ketones is 1. The lowest BCUT2D eigenvalue weighted by atomic mass is 10.1. The number of carbonyl (C=O) groups excluding carboxylic acids is 2. The molecule has 0 saturated heterocycles. The molecule has 0 unspecified atom stereocenters. The number of rotatable bonds is 8. The van der Waals surface area contributed by atoms with Crippen LogP contribution in [-0.4, -0.2) is 30.5 Å². The van der Waals surface area contributed by atoms with Crippen LogP contribution in [0.5, 0.6) is 11.5 Å². The second-order valence-electron chi connectivity index (χ2n) is 7.14. The summed E-state index contributed by atoms with van der Waals surface area (Å²) in [6.07, 6.45) is 1.61. The largest absolute Gasteiger partial charge is 0.493 e. The molecular weight excluding hydrogens is 465 g/mol. The third-order valence-corrected chi connectivity index (χ3v) is 5.61. The molecule has 0 aliphatic heterocycles. The molecule has 4 aromatic rings. The molecule has 0 fully saturated rings. The highest BCUT2D eigenvalue weighted by Crippen LogP contribution is 2.30. The van der Waals surface area contributed by atoms with Crippen molar-refractivity contribution in [1.82, 2.24) is 4.98 Å². The van der Waals surface area contributed by atoms with Crippen LogP contribution in [0.15, 0.2) is 66.9 Å². The van der Waals surface area contributed by atoms with E-state index >= 15 is 0 Å². The molecule has 8 heteroatoms. The van der Waals surface area contributed by atoms with E-state index in [0.717, 1.165) is 16.5 Å². The van der Waals surface area contributed by atoms with Gasteiger partial charge in [0.1, 0.15) is 6.61 Å². The summed E-state index contributed by atoms with van der Waals surface area (Å²) >= 11 is 12.1. The average molecular weight is 484 g/mol. The maximum absolute atomic E-state index is 12.5. The van der Waals surface area contributed by atoms with Gasteiger partial charge in [0.2, 0.25) is 5.78 Å². The van der Waals surface area contributed by atoms with Gasteiger partial charge in [0.15, 0.2) is 18.1 Å². The molecule has 0 spiro atoms. The van der Waals surface area contributed by atoms with Crippen LogP contribution in [0, 0.1) is 0 Å². The van der Waals surface area contributed by atoms with Crippen LogP contribution in [0.2, 0.25) is 10.0 Å². The molecule has 0 atom stereocenters. The second kappa shape index (κ2) is 9.98. The number of hydrogen-bond donors (Lipinski definition) is 1. The number of para-hydroxylation sites is 1. The van der Waals surface area contributed by atoms with Crippen LogP contribution in [0.1, 0.15) is 26.3 Å². The van der Waals surface area contributed by atoms with Gasteiger partial charge >= 0.3 is 5.97 Å². The predicted molar refractivity (Wildman–Crippen MR) is 127 cm³/mol. The summed E-state index contributed by atoms with van der Waals surface area (Å²) in [5, 5.41) is 1.80. The Morgan fingerprint density at radius 1 is 0.970 bits per heavy atom. The lowest BCUT2D eigenvalue weighted by molar-refractivity contribution is 0.0475. The molecule has 3 aromatic carbocycles. The molecule has 0 bridgehead atoms. The van der Waals surface area contributed by atoms with Gasteiger partial charge in [-0.1, -0.05) is 47.5 Å². The number of H-pyrrole nitrogens is 1. The highest BCUT2D eigenvalue weighted by molar-refractivity contribution is 6.35. The van der Waals surface area contributed by atoms with Crippen molar-refractivity contribution in [3.8, 4) is 11.5 Å². The van der Waals surface area contributed by atoms with E-state index in [2.05, 4.69) is 4.98 Å². The molecule has 0 radical (unpaired) electrons. The first-order chi connectivity index (χ1) is 16.0.